The molecule has 0 aliphatic heterocycles. The van der Waals surface area contributed by atoms with E-state index in [4.69, 9.17) is 0 Å². The van der Waals surface area contributed by atoms with Crippen molar-refractivity contribution < 1.29 is 0 Å². The minimum atomic E-state index is 0.875. The molecule has 0 aromatic heterocycles. The third-order valence-corrected chi connectivity index (χ3v) is 3.43. The highest BCUT2D eigenvalue weighted by atomic mass is 14.2. The molecule has 0 nitrogen and oxygen atoms in total. The predicted octanol–water partition coefficient (Wildman–Crippen LogP) is 5.28. The van der Waals surface area contributed by atoms with Gasteiger partial charge in [0.25, 0.3) is 0 Å². The molecule has 0 rings (SSSR count). The van der Waals surface area contributed by atoms with E-state index in [1.165, 1.54) is 38.5 Å². The molecule has 0 radical (unpaired) electrons. The number of unbranched alkanes of at least 4 members (excludes halogenated alkanes) is 2. The van der Waals surface area contributed by atoms with Gasteiger partial charge in [0.05, 0.1) is 0 Å². The molecule has 0 heterocycles. The van der Waals surface area contributed by atoms with Crippen LogP contribution in [0.5, 0.6) is 0 Å². The molecular weight excluding hydrogens is 168 g/mol. The molecule has 2 unspecified atom stereocenters. The highest BCUT2D eigenvalue weighted by Gasteiger charge is 2.11. The summed E-state index contributed by atoms with van der Waals surface area (Å²) in [6.45, 7) is 11.8. The molecule has 0 N–H and O–H groups in total. The Morgan fingerprint density at radius 3 is 1.79 bits per heavy atom. The van der Waals surface area contributed by atoms with Crippen LogP contribution in [0, 0.1) is 17.8 Å². The molecular formula is C14H30. The topological polar surface area (TPSA) is 0 Å². The van der Waals surface area contributed by atoms with Crippen molar-refractivity contribution in [1.29, 1.82) is 0 Å². The van der Waals surface area contributed by atoms with Crippen LogP contribution in [0.1, 0.15) is 73.1 Å². The van der Waals surface area contributed by atoms with E-state index >= 15 is 0 Å². The van der Waals surface area contributed by atoms with E-state index in [0.29, 0.717) is 0 Å². The van der Waals surface area contributed by atoms with E-state index in [-0.39, 0.29) is 0 Å². The Hall–Kier alpha value is 0. The van der Waals surface area contributed by atoms with Gasteiger partial charge in [0.1, 0.15) is 0 Å². The fourth-order valence-corrected chi connectivity index (χ4v) is 1.88. The lowest BCUT2D eigenvalue weighted by Crippen LogP contribution is -2.09. The van der Waals surface area contributed by atoms with Gasteiger partial charge in [-0.15, -0.1) is 0 Å². The molecule has 0 saturated heterocycles. The van der Waals surface area contributed by atoms with Gasteiger partial charge in [0.15, 0.2) is 0 Å². The van der Waals surface area contributed by atoms with Crippen LogP contribution in [0.25, 0.3) is 0 Å². The summed E-state index contributed by atoms with van der Waals surface area (Å²) in [5.74, 6) is 2.73. The molecule has 0 aromatic carbocycles. The maximum Gasteiger partial charge on any atom is -0.0417 e. The van der Waals surface area contributed by atoms with Gasteiger partial charge in [-0.1, -0.05) is 73.1 Å². The first-order chi connectivity index (χ1) is 6.57. The third kappa shape index (κ3) is 7.41. The summed E-state index contributed by atoms with van der Waals surface area (Å²) in [7, 11) is 0. The van der Waals surface area contributed by atoms with Crippen LogP contribution in [0.2, 0.25) is 0 Å². The highest BCUT2D eigenvalue weighted by Crippen LogP contribution is 2.24. The molecule has 0 heteroatoms. The third-order valence-electron chi connectivity index (χ3n) is 3.43. The number of hydrogen-bond donors (Lipinski definition) is 0. The molecule has 0 amide bonds. The second-order valence-corrected chi connectivity index (χ2v) is 5.42. The zero-order valence-electron chi connectivity index (χ0n) is 11.0. The van der Waals surface area contributed by atoms with Gasteiger partial charge in [0, 0.05) is 0 Å². The van der Waals surface area contributed by atoms with E-state index in [2.05, 4.69) is 34.6 Å². The normalized spacial score (nSPS) is 15.9. The molecule has 0 aliphatic rings. The molecule has 0 aromatic rings. The summed E-state index contributed by atoms with van der Waals surface area (Å²) in [5, 5.41) is 0. The van der Waals surface area contributed by atoms with Crippen molar-refractivity contribution in [3.05, 3.63) is 0 Å². The minimum absolute atomic E-state index is 0.875. The number of rotatable bonds is 8. The van der Waals surface area contributed by atoms with Crippen molar-refractivity contribution in [2.45, 2.75) is 73.1 Å². The predicted molar refractivity (Wildman–Crippen MR) is 66.5 cm³/mol. The Morgan fingerprint density at radius 1 is 0.714 bits per heavy atom. The van der Waals surface area contributed by atoms with E-state index in [0.717, 1.165) is 17.8 Å². The van der Waals surface area contributed by atoms with Crippen LogP contribution in [-0.2, 0) is 0 Å². The lowest BCUT2D eigenvalue weighted by Gasteiger charge is -2.20. The van der Waals surface area contributed by atoms with Crippen LogP contribution in [-0.4, -0.2) is 0 Å². The minimum Gasteiger partial charge on any atom is -0.0654 e. The van der Waals surface area contributed by atoms with Gasteiger partial charge in [-0.25, -0.2) is 0 Å². The average molecular weight is 198 g/mol. The Kier molecular flexibility index (Phi) is 8.32. The summed E-state index contributed by atoms with van der Waals surface area (Å²) < 4.78 is 0. The maximum absolute atomic E-state index is 2.43. The molecule has 0 fully saturated rings. The summed E-state index contributed by atoms with van der Waals surface area (Å²) in [6, 6.07) is 0. The number of hydrogen-bond acceptors (Lipinski definition) is 0. The zero-order chi connectivity index (χ0) is 11.0. The molecule has 2 atom stereocenters. The molecule has 0 bridgehead atoms. The van der Waals surface area contributed by atoms with Crippen LogP contribution in [0.15, 0.2) is 0 Å². The van der Waals surface area contributed by atoms with Crippen molar-refractivity contribution in [1.82, 2.24) is 0 Å². The Morgan fingerprint density at radius 2 is 1.29 bits per heavy atom. The SMILES string of the molecule is CCCCCC(C)C(C)CCC(C)C. The largest absolute Gasteiger partial charge is 0.0654 e. The van der Waals surface area contributed by atoms with Crippen molar-refractivity contribution in [2.75, 3.05) is 0 Å². The van der Waals surface area contributed by atoms with Crippen LogP contribution in [0.4, 0.5) is 0 Å². The maximum atomic E-state index is 2.43. The van der Waals surface area contributed by atoms with Crippen LogP contribution < -0.4 is 0 Å². The summed E-state index contributed by atoms with van der Waals surface area (Å²) >= 11 is 0. The quantitative estimate of drug-likeness (QED) is 0.466. The van der Waals surface area contributed by atoms with Gasteiger partial charge in [-0.3, -0.25) is 0 Å². The van der Waals surface area contributed by atoms with Gasteiger partial charge >= 0.3 is 0 Å². The zero-order valence-corrected chi connectivity index (χ0v) is 11.0. The molecule has 14 heavy (non-hydrogen) atoms. The van der Waals surface area contributed by atoms with Gasteiger partial charge in [0.2, 0.25) is 0 Å². The Bertz CT molecular complexity index is 115. The van der Waals surface area contributed by atoms with Gasteiger partial charge in [-0.2, -0.15) is 0 Å². The van der Waals surface area contributed by atoms with E-state index < -0.39 is 0 Å². The summed E-state index contributed by atoms with van der Waals surface area (Å²) in [6.07, 6.45) is 8.47. The van der Waals surface area contributed by atoms with Gasteiger partial charge < -0.3 is 0 Å². The smallest absolute Gasteiger partial charge is 0.0417 e. The summed E-state index contributed by atoms with van der Waals surface area (Å²) in [5.41, 5.74) is 0. The first-order valence-corrected chi connectivity index (χ1v) is 6.57. The molecule has 0 spiro atoms. The van der Waals surface area contributed by atoms with Crippen LogP contribution >= 0.6 is 0 Å². The fraction of sp³-hybridized carbons (Fsp3) is 1.00. The van der Waals surface area contributed by atoms with Gasteiger partial charge in [-0.05, 0) is 17.8 Å². The van der Waals surface area contributed by atoms with Crippen molar-refractivity contribution in [3.63, 3.8) is 0 Å². The standard InChI is InChI=1S/C14H30/c1-6-7-8-9-13(4)14(5)11-10-12(2)3/h12-14H,6-11H2,1-5H3. The highest BCUT2D eigenvalue weighted by molar-refractivity contribution is 4.63. The second-order valence-electron chi connectivity index (χ2n) is 5.42. The average Bonchev–Trinajstić information content (AvgIpc) is 2.14. The van der Waals surface area contributed by atoms with E-state index in [9.17, 15) is 0 Å². The Balaban J connectivity index is 3.49. The lowest BCUT2D eigenvalue weighted by atomic mass is 9.86. The first kappa shape index (κ1) is 14.0. The van der Waals surface area contributed by atoms with E-state index in [1.807, 2.05) is 0 Å². The van der Waals surface area contributed by atoms with Crippen molar-refractivity contribution >= 4 is 0 Å². The monoisotopic (exact) mass is 198 g/mol. The molecule has 0 aliphatic carbocycles. The van der Waals surface area contributed by atoms with Crippen molar-refractivity contribution in [2.24, 2.45) is 17.8 Å². The molecule has 86 valence electrons. The van der Waals surface area contributed by atoms with Crippen LogP contribution in [0.3, 0.4) is 0 Å². The molecule has 0 saturated carbocycles. The lowest BCUT2D eigenvalue weighted by molar-refractivity contribution is 0.313. The first-order valence-electron chi connectivity index (χ1n) is 6.57. The van der Waals surface area contributed by atoms with Crippen molar-refractivity contribution in [3.8, 4) is 0 Å². The second kappa shape index (κ2) is 8.32. The van der Waals surface area contributed by atoms with E-state index in [1.54, 1.807) is 0 Å². The Labute approximate surface area is 91.5 Å². The fourth-order valence-electron chi connectivity index (χ4n) is 1.88. The summed E-state index contributed by atoms with van der Waals surface area (Å²) in [4.78, 5) is 0.